The Balaban J connectivity index is 0.00000242. The van der Waals surface area contributed by atoms with Crippen LogP contribution in [0.15, 0.2) is 30.3 Å². The van der Waals surface area contributed by atoms with Crippen LogP contribution in [0.1, 0.15) is 12.0 Å². The third-order valence-corrected chi connectivity index (χ3v) is 5.70. The number of rotatable bonds is 7. The van der Waals surface area contributed by atoms with Crippen molar-refractivity contribution in [2.24, 2.45) is 0 Å². The van der Waals surface area contributed by atoms with Crippen molar-refractivity contribution in [2.75, 3.05) is 30.3 Å². The first kappa shape index (κ1) is 19.5. The lowest BCUT2D eigenvalue weighted by Crippen LogP contribution is -2.41. The number of amides is 1. The Morgan fingerprint density at radius 1 is 1.36 bits per heavy atom. The van der Waals surface area contributed by atoms with Crippen LogP contribution in [-0.4, -0.2) is 46.5 Å². The topological polar surface area (TPSA) is 58.2 Å². The minimum absolute atomic E-state index is 0. The van der Waals surface area contributed by atoms with E-state index in [1.54, 1.807) is 0 Å². The summed E-state index contributed by atoms with van der Waals surface area (Å²) in [7, 11) is -0.929. The standard InChI is InChI=1S/C15H22N2O2S2.ClH/c18-15(10-14-11-20-8-6-16-14)17-7-9-21(19)12-13-4-2-1-3-5-13;/h1-5,14,16H,6-12H2,(H,17,18);1H. The maximum atomic E-state index is 11.9. The molecule has 0 bridgehead atoms. The predicted octanol–water partition coefficient (Wildman–Crippen LogP) is 1.57. The number of hydrogen-bond donors (Lipinski definition) is 2. The molecule has 1 amide bonds. The van der Waals surface area contributed by atoms with Gasteiger partial charge in [0.2, 0.25) is 5.91 Å². The van der Waals surface area contributed by atoms with E-state index >= 15 is 0 Å². The van der Waals surface area contributed by atoms with Gasteiger partial charge in [-0.25, -0.2) is 0 Å². The fourth-order valence-corrected chi connectivity index (χ4v) is 4.17. The number of thioether (sulfide) groups is 1. The van der Waals surface area contributed by atoms with Crippen LogP contribution in [0, 0.1) is 0 Å². The molecule has 0 radical (unpaired) electrons. The molecule has 22 heavy (non-hydrogen) atoms. The third-order valence-electron chi connectivity index (χ3n) is 3.25. The van der Waals surface area contributed by atoms with E-state index in [1.807, 2.05) is 42.1 Å². The summed E-state index contributed by atoms with van der Waals surface area (Å²) in [5.41, 5.74) is 1.07. The van der Waals surface area contributed by atoms with Gasteiger partial charge in [0.1, 0.15) is 0 Å². The van der Waals surface area contributed by atoms with Gasteiger partial charge in [-0.05, 0) is 5.56 Å². The summed E-state index contributed by atoms with van der Waals surface area (Å²) in [5.74, 6) is 3.22. The molecule has 7 heteroatoms. The molecular weight excluding hydrogens is 340 g/mol. The Kier molecular flexibility index (Phi) is 9.79. The van der Waals surface area contributed by atoms with Gasteiger partial charge in [-0.15, -0.1) is 12.4 Å². The van der Waals surface area contributed by atoms with E-state index in [1.165, 1.54) is 0 Å². The monoisotopic (exact) mass is 362 g/mol. The highest BCUT2D eigenvalue weighted by Crippen LogP contribution is 2.09. The molecule has 1 aliphatic heterocycles. The van der Waals surface area contributed by atoms with E-state index in [-0.39, 0.29) is 24.4 Å². The molecule has 1 fully saturated rings. The zero-order chi connectivity index (χ0) is 14.9. The second kappa shape index (κ2) is 11.0. The molecule has 0 aromatic heterocycles. The summed E-state index contributed by atoms with van der Waals surface area (Å²) in [6.45, 7) is 1.46. The van der Waals surface area contributed by atoms with Gasteiger partial charge >= 0.3 is 0 Å². The summed E-state index contributed by atoms with van der Waals surface area (Å²) in [6, 6.07) is 10.1. The molecule has 2 N–H and O–H groups in total. The van der Waals surface area contributed by atoms with Crippen LogP contribution in [-0.2, 0) is 21.3 Å². The summed E-state index contributed by atoms with van der Waals surface area (Å²) in [4.78, 5) is 11.8. The second-order valence-electron chi connectivity index (χ2n) is 5.05. The van der Waals surface area contributed by atoms with E-state index < -0.39 is 10.8 Å². The number of nitrogens with one attached hydrogen (secondary N) is 2. The molecule has 1 aliphatic rings. The minimum atomic E-state index is -0.929. The van der Waals surface area contributed by atoms with Crippen molar-refractivity contribution in [3.05, 3.63) is 35.9 Å². The average Bonchev–Trinajstić information content (AvgIpc) is 2.49. The van der Waals surface area contributed by atoms with Crippen molar-refractivity contribution in [1.82, 2.24) is 10.6 Å². The average molecular weight is 363 g/mol. The predicted molar refractivity (Wildman–Crippen MR) is 97.1 cm³/mol. The largest absolute Gasteiger partial charge is 0.355 e. The smallest absolute Gasteiger partial charge is 0.221 e. The Labute approximate surface area is 145 Å². The number of benzene rings is 1. The molecule has 124 valence electrons. The molecule has 1 aromatic rings. The van der Waals surface area contributed by atoms with Crippen LogP contribution in [0.5, 0.6) is 0 Å². The van der Waals surface area contributed by atoms with Gasteiger partial charge < -0.3 is 10.6 Å². The first-order chi connectivity index (χ1) is 10.2. The van der Waals surface area contributed by atoms with Crippen molar-refractivity contribution in [3.8, 4) is 0 Å². The van der Waals surface area contributed by atoms with Gasteiger partial charge in [0.25, 0.3) is 0 Å². The lowest BCUT2D eigenvalue weighted by atomic mass is 10.2. The second-order valence-corrected chi connectivity index (χ2v) is 7.78. The number of hydrogen-bond acceptors (Lipinski definition) is 4. The molecule has 1 heterocycles. The zero-order valence-corrected chi connectivity index (χ0v) is 14.9. The number of carbonyl (C=O) groups is 1. The van der Waals surface area contributed by atoms with Crippen LogP contribution < -0.4 is 10.6 Å². The lowest BCUT2D eigenvalue weighted by Gasteiger charge is -2.22. The summed E-state index contributed by atoms with van der Waals surface area (Å²) >= 11 is 1.88. The fraction of sp³-hybridized carbons (Fsp3) is 0.533. The van der Waals surface area contributed by atoms with Crippen LogP contribution in [0.3, 0.4) is 0 Å². The van der Waals surface area contributed by atoms with E-state index in [0.29, 0.717) is 24.5 Å². The minimum Gasteiger partial charge on any atom is -0.355 e. The molecule has 0 saturated carbocycles. The molecular formula is C15H23ClN2O2S2. The number of halogens is 1. The SMILES string of the molecule is Cl.O=C(CC1CSCCN1)NCCS(=O)Cc1ccccc1. The maximum absolute atomic E-state index is 11.9. The van der Waals surface area contributed by atoms with Crippen molar-refractivity contribution in [3.63, 3.8) is 0 Å². The molecule has 1 aromatic carbocycles. The van der Waals surface area contributed by atoms with Gasteiger partial charge in [0, 0.05) is 59.4 Å². The Bertz CT molecular complexity index is 468. The van der Waals surface area contributed by atoms with E-state index in [9.17, 15) is 9.00 Å². The first-order valence-electron chi connectivity index (χ1n) is 7.21. The van der Waals surface area contributed by atoms with Crippen LogP contribution in [0.4, 0.5) is 0 Å². The van der Waals surface area contributed by atoms with Crippen LogP contribution in [0.2, 0.25) is 0 Å². The van der Waals surface area contributed by atoms with Crippen molar-refractivity contribution in [1.29, 1.82) is 0 Å². The van der Waals surface area contributed by atoms with E-state index in [2.05, 4.69) is 10.6 Å². The molecule has 4 nitrogen and oxygen atoms in total. The lowest BCUT2D eigenvalue weighted by molar-refractivity contribution is -0.121. The molecule has 2 atom stereocenters. The van der Waals surface area contributed by atoms with Gasteiger partial charge in [-0.1, -0.05) is 30.3 Å². The zero-order valence-electron chi connectivity index (χ0n) is 12.5. The fourth-order valence-electron chi connectivity index (χ4n) is 2.18. The van der Waals surface area contributed by atoms with Crippen molar-refractivity contribution >= 4 is 40.9 Å². The molecule has 1 saturated heterocycles. The first-order valence-corrected chi connectivity index (χ1v) is 9.85. The Morgan fingerprint density at radius 2 is 2.14 bits per heavy atom. The van der Waals surface area contributed by atoms with E-state index in [0.717, 1.165) is 23.6 Å². The quantitative estimate of drug-likeness (QED) is 0.773. The molecule has 2 rings (SSSR count). The maximum Gasteiger partial charge on any atom is 0.221 e. The van der Waals surface area contributed by atoms with Crippen molar-refractivity contribution in [2.45, 2.75) is 18.2 Å². The highest BCUT2D eigenvalue weighted by Gasteiger charge is 2.16. The molecule has 0 aliphatic carbocycles. The van der Waals surface area contributed by atoms with Gasteiger partial charge in [-0.3, -0.25) is 9.00 Å². The summed E-state index contributed by atoms with van der Waals surface area (Å²) in [6.07, 6.45) is 0.512. The highest BCUT2D eigenvalue weighted by molar-refractivity contribution is 7.99. The van der Waals surface area contributed by atoms with Gasteiger partial charge in [-0.2, -0.15) is 11.8 Å². The number of carbonyl (C=O) groups excluding carboxylic acids is 1. The third kappa shape index (κ3) is 7.63. The van der Waals surface area contributed by atoms with E-state index in [4.69, 9.17) is 0 Å². The van der Waals surface area contributed by atoms with Crippen LogP contribution in [0.25, 0.3) is 0 Å². The molecule has 0 spiro atoms. The van der Waals surface area contributed by atoms with Crippen molar-refractivity contribution < 1.29 is 9.00 Å². The summed E-state index contributed by atoms with van der Waals surface area (Å²) in [5, 5.41) is 6.21. The Hall–Kier alpha value is -0.560. The highest BCUT2D eigenvalue weighted by atomic mass is 35.5. The van der Waals surface area contributed by atoms with Crippen LogP contribution >= 0.6 is 24.2 Å². The van der Waals surface area contributed by atoms with Gasteiger partial charge in [0.15, 0.2) is 0 Å². The molecule has 2 unspecified atom stereocenters. The normalized spacial score (nSPS) is 19.0. The summed E-state index contributed by atoms with van der Waals surface area (Å²) < 4.78 is 11.9. The Morgan fingerprint density at radius 3 is 2.82 bits per heavy atom. The van der Waals surface area contributed by atoms with Gasteiger partial charge in [0.05, 0.1) is 0 Å².